The highest BCUT2D eigenvalue weighted by molar-refractivity contribution is 5.77. The Hall–Kier alpha value is -3.59. The van der Waals surface area contributed by atoms with E-state index >= 15 is 0 Å². The zero-order valence-corrected chi connectivity index (χ0v) is 18.9. The number of alkyl halides is 1. The van der Waals surface area contributed by atoms with Crippen molar-refractivity contribution < 1.29 is 4.39 Å². The Balaban J connectivity index is 1.05. The number of imidazole rings is 2. The topological polar surface area (TPSA) is 77.3 Å². The number of hydrogen-bond donors (Lipinski definition) is 1. The summed E-state index contributed by atoms with van der Waals surface area (Å²) in [4.78, 5) is 9.14. The van der Waals surface area contributed by atoms with E-state index in [0.717, 1.165) is 66.3 Å². The second-order valence-electron chi connectivity index (χ2n) is 10.1. The van der Waals surface area contributed by atoms with E-state index in [4.69, 9.17) is 4.98 Å². The molecule has 0 atom stereocenters. The minimum atomic E-state index is -0.829. The number of nitrogens with zero attached hydrogens (tertiary/aromatic N) is 7. The molecular formula is C25H25FN8. The van der Waals surface area contributed by atoms with Crippen molar-refractivity contribution in [2.24, 2.45) is 5.41 Å². The first kappa shape index (κ1) is 19.8. The second-order valence-corrected chi connectivity index (χ2v) is 10.1. The first-order chi connectivity index (χ1) is 16.5. The maximum atomic E-state index is 13.7. The number of aromatic nitrogens is 7. The lowest BCUT2D eigenvalue weighted by molar-refractivity contribution is -0.209. The number of hydrogen-bond acceptors (Lipinski definition) is 5. The molecular weight excluding hydrogens is 431 g/mol. The van der Waals surface area contributed by atoms with Crippen LogP contribution < -0.4 is 5.32 Å². The molecule has 1 N–H and O–H groups in total. The lowest BCUT2D eigenvalue weighted by Crippen LogP contribution is -2.67. The molecule has 8 nitrogen and oxygen atoms in total. The number of aryl methyl sites for hydroxylation is 1. The van der Waals surface area contributed by atoms with Crippen molar-refractivity contribution in [2.45, 2.75) is 44.9 Å². The van der Waals surface area contributed by atoms with Crippen LogP contribution in [0.15, 0.2) is 55.2 Å². The largest absolute Gasteiger partial charge is 0.312 e. The molecule has 0 saturated heterocycles. The van der Waals surface area contributed by atoms with Gasteiger partial charge in [0.2, 0.25) is 0 Å². The van der Waals surface area contributed by atoms with Crippen molar-refractivity contribution >= 4 is 11.2 Å². The van der Waals surface area contributed by atoms with E-state index in [1.807, 2.05) is 54.6 Å². The van der Waals surface area contributed by atoms with Gasteiger partial charge in [-0.25, -0.2) is 19.0 Å². The fourth-order valence-corrected chi connectivity index (χ4v) is 5.82. The highest BCUT2D eigenvalue weighted by Gasteiger charge is 2.68. The van der Waals surface area contributed by atoms with Crippen molar-refractivity contribution in [1.82, 2.24) is 39.1 Å². The molecule has 0 spiro atoms. The Labute approximate surface area is 195 Å². The summed E-state index contributed by atoms with van der Waals surface area (Å²) in [5.74, 6) is 0.941. The molecule has 3 aliphatic carbocycles. The fourth-order valence-electron chi connectivity index (χ4n) is 5.82. The minimum Gasteiger partial charge on any atom is -0.312 e. The van der Waals surface area contributed by atoms with Crippen LogP contribution in [0.25, 0.3) is 22.4 Å². The third-order valence-electron chi connectivity index (χ3n) is 7.36. The van der Waals surface area contributed by atoms with Gasteiger partial charge in [-0.05, 0) is 55.4 Å². The first-order valence-electron chi connectivity index (χ1n) is 11.7. The van der Waals surface area contributed by atoms with Gasteiger partial charge in [-0.2, -0.15) is 0 Å². The Morgan fingerprint density at radius 3 is 2.85 bits per heavy atom. The standard InChI is InChI=1S/C25H25FN8/c1-17-28-8-22-20(3-2-6-34(17)22)21-12-33(31-30-21)11-19-10-32-9-18(4-5-23(32)29-19)7-27-16-24-13-25(26,14-24)15-24/h2-6,8-10,12,27H,7,11,13-16H2,1H3. The summed E-state index contributed by atoms with van der Waals surface area (Å²) in [7, 11) is 0. The average molecular weight is 457 g/mol. The highest BCUT2D eigenvalue weighted by Crippen LogP contribution is 2.69. The molecule has 3 aliphatic rings. The molecule has 0 unspecified atom stereocenters. The summed E-state index contributed by atoms with van der Waals surface area (Å²) in [5, 5.41) is 12.2. The summed E-state index contributed by atoms with van der Waals surface area (Å²) in [6.07, 6.45) is 12.2. The van der Waals surface area contributed by atoms with E-state index in [1.165, 1.54) is 5.56 Å². The van der Waals surface area contributed by atoms with Crippen LogP contribution in [-0.2, 0) is 13.1 Å². The van der Waals surface area contributed by atoms with E-state index in [1.54, 1.807) is 0 Å². The Kier molecular flexibility index (Phi) is 4.06. The van der Waals surface area contributed by atoms with Crippen molar-refractivity contribution in [2.75, 3.05) is 6.54 Å². The third kappa shape index (κ3) is 3.14. The van der Waals surface area contributed by atoms with Gasteiger partial charge < -0.3 is 14.1 Å². The van der Waals surface area contributed by atoms with E-state index < -0.39 is 5.67 Å². The van der Waals surface area contributed by atoms with Gasteiger partial charge in [0.15, 0.2) is 0 Å². The molecule has 3 fully saturated rings. The van der Waals surface area contributed by atoms with Crippen molar-refractivity contribution in [3.05, 3.63) is 72.3 Å². The summed E-state index contributed by atoms with van der Waals surface area (Å²) < 4.78 is 19.6. The van der Waals surface area contributed by atoms with Gasteiger partial charge in [0, 0.05) is 37.2 Å². The monoisotopic (exact) mass is 456 g/mol. The van der Waals surface area contributed by atoms with Gasteiger partial charge in [-0.15, -0.1) is 5.10 Å². The molecule has 5 heterocycles. The van der Waals surface area contributed by atoms with Crippen LogP contribution in [0.3, 0.4) is 0 Å². The average Bonchev–Trinajstić information content (AvgIpc) is 3.50. The lowest BCUT2D eigenvalue weighted by Gasteiger charge is -2.66. The minimum absolute atomic E-state index is 0.222. The van der Waals surface area contributed by atoms with Crippen LogP contribution in [0.5, 0.6) is 0 Å². The zero-order valence-electron chi connectivity index (χ0n) is 18.9. The molecule has 8 rings (SSSR count). The van der Waals surface area contributed by atoms with Gasteiger partial charge in [0.05, 0.1) is 30.1 Å². The van der Waals surface area contributed by atoms with Crippen LogP contribution in [-0.4, -0.2) is 46.0 Å². The Bertz CT molecular complexity index is 1520. The first-order valence-corrected chi connectivity index (χ1v) is 11.7. The highest BCUT2D eigenvalue weighted by atomic mass is 19.1. The third-order valence-corrected chi connectivity index (χ3v) is 7.36. The maximum absolute atomic E-state index is 13.7. The summed E-state index contributed by atoms with van der Waals surface area (Å²) in [6.45, 7) is 4.19. The SMILES string of the molecule is Cc1ncc2c(-c3cn(Cc4cn5cc(CNCC67CC(F)(C6)C7)ccc5n4)nn3)cccn12. The summed E-state index contributed by atoms with van der Waals surface area (Å²) >= 11 is 0. The Morgan fingerprint density at radius 1 is 1.12 bits per heavy atom. The second kappa shape index (κ2) is 6.96. The predicted molar refractivity (Wildman–Crippen MR) is 125 cm³/mol. The van der Waals surface area contributed by atoms with Crippen LogP contribution in [0.4, 0.5) is 4.39 Å². The van der Waals surface area contributed by atoms with Crippen LogP contribution in [0.2, 0.25) is 0 Å². The van der Waals surface area contributed by atoms with Crippen molar-refractivity contribution in [3.8, 4) is 11.3 Å². The molecule has 0 aromatic carbocycles. The van der Waals surface area contributed by atoms with E-state index in [2.05, 4.69) is 41.7 Å². The van der Waals surface area contributed by atoms with Gasteiger partial charge in [0.25, 0.3) is 0 Å². The van der Waals surface area contributed by atoms with Crippen LogP contribution in [0, 0.1) is 12.3 Å². The Morgan fingerprint density at radius 2 is 2.00 bits per heavy atom. The molecule has 0 amide bonds. The molecule has 3 saturated carbocycles. The van der Waals surface area contributed by atoms with Gasteiger partial charge in [-0.1, -0.05) is 11.3 Å². The summed E-state index contributed by atoms with van der Waals surface area (Å²) in [6, 6.07) is 8.17. The van der Waals surface area contributed by atoms with Gasteiger partial charge >= 0.3 is 0 Å². The summed E-state index contributed by atoms with van der Waals surface area (Å²) in [5.41, 5.74) is 5.22. The normalized spacial score (nSPS) is 23.4. The van der Waals surface area contributed by atoms with Crippen LogP contribution in [0.1, 0.15) is 36.3 Å². The van der Waals surface area contributed by atoms with Gasteiger partial charge in [-0.3, -0.25) is 0 Å². The van der Waals surface area contributed by atoms with E-state index in [9.17, 15) is 4.39 Å². The number of rotatable bonds is 7. The predicted octanol–water partition coefficient (Wildman–Crippen LogP) is 3.58. The molecule has 0 radical (unpaired) electrons. The fraction of sp³-hybridized carbons (Fsp3) is 0.360. The smallest absolute Gasteiger partial charge is 0.137 e. The molecule has 0 aliphatic heterocycles. The van der Waals surface area contributed by atoms with E-state index in [0.29, 0.717) is 6.54 Å². The molecule has 172 valence electrons. The van der Waals surface area contributed by atoms with Crippen LogP contribution >= 0.6 is 0 Å². The molecule has 9 heteroatoms. The zero-order chi connectivity index (χ0) is 22.9. The number of fused-ring (bicyclic) bond motifs is 2. The molecule has 5 aromatic heterocycles. The maximum Gasteiger partial charge on any atom is 0.137 e. The number of pyridine rings is 2. The van der Waals surface area contributed by atoms with Crippen molar-refractivity contribution in [3.63, 3.8) is 0 Å². The number of nitrogens with one attached hydrogen (secondary N) is 1. The molecule has 2 bridgehead atoms. The lowest BCUT2D eigenvalue weighted by atomic mass is 9.42. The molecule has 5 aromatic rings. The van der Waals surface area contributed by atoms with Crippen molar-refractivity contribution in [1.29, 1.82) is 0 Å². The van der Waals surface area contributed by atoms with Gasteiger partial charge in [0.1, 0.15) is 22.8 Å². The number of halogens is 1. The van der Waals surface area contributed by atoms with E-state index in [-0.39, 0.29) is 5.41 Å². The quantitative estimate of drug-likeness (QED) is 0.405. The molecule has 34 heavy (non-hydrogen) atoms.